The van der Waals surface area contributed by atoms with Gasteiger partial charge in [-0.15, -0.1) is 0 Å². The minimum absolute atomic E-state index is 0.0814. The van der Waals surface area contributed by atoms with E-state index in [1.165, 1.54) is 18.4 Å². The van der Waals surface area contributed by atoms with Gasteiger partial charge < -0.3 is 5.32 Å². The molecule has 1 aliphatic carbocycles. The lowest BCUT2D eigenvalue weighted by atomic mass is 9.80. The molecule has 0 radical (unpaired) electrons. The van der Waals surface area contributed by atoms with Crippen molar-refractivity contribution in [3.8, 4) is 0 Å². The van der Waals surface area contributed by atoms with Gasteiger partial charge in [0.15, 0.2) is 0 Å². The first-order chi connectivity index (χ1) is 10.6. The largest absolute Gasteiger partial charge is 0.351 e. The van der Waals surface area contributed by atoms with Gasteiger partial charge in [0.05, 0.1) is 0 Å². The molecular weight excluding hydrogens is 337 g/mol. The van der Waals surface area contributed by atoms with Gasteiger partial charge in [-0.2, -0.15) is 11.3 Å². The maximum Gasteiger partial charge on any atom is 0.251 e. The van der Waals surface area contributed by atoms with E-state index in [-0.39, 0.29) is 11.3 Å². The summed E-state index contributed by atoms with van der Waals surface area (Å²) in [6.07, 6.45) is 4.68. The van der Waals surface area contributed by atoms with E-state index in [0.29, 0.717) is 22.2 Å². The summed E-state index contributed by atoms with van der Waals surface area (Å²) in [6.45, 7) is 0.659. The van der Waals surface area contributed by atoms with Gasteiger partial charge in [0.2, 0.25) is 0 Å². The van der Waals surface area contributed by atoms with Gasteiger partial charge in [0, 0.05) is 27.6 Å². The van der Waals surface area contributed by atoms with E-state index in [2.05, 4.69) is 22.1 Å². The molecule has 1 fully saturated rings. The van der Waals surface area contributed by atoms with Crippen LogP contribution in [0, 0.1) is 0 Å². The molecule has 1 aromatic heterocycles. The molecular formula is C17H17Cl2NOS. The number of rotatable bonds is 4. The van der Waals surface area contributed by atoms with Crippen molar-refractivity contribution < 1.29 is 4.79 Å². The molecule has 0 aliphatic heterocycles. The third-order valence-corrected chi connectivity index (χ3v) is 5.53. The standard InChI is InChI=1S/C17H17Cl2NOS/c18-14-7-12(8-15(19)9-14)16(21)20-11-17(4-1-2-5-17)13-3-6-22-10-13/h3,6-10H,1-2,4-5,11H2,(H,20,21). The number of hydrogen-bond acceptors (Lipinski definition) is 2. The monoisotopic (exact) mass is 353 g/mol. The lowest BCUT2D eigenvalue weighted by Gasteiger charge is -2.28. The van der Waals surface area contributed by atoms with Gasteiger partial charge in [0.25, 0.3) is 5.91 Å². The fraction of sp³-hybridized carbons (Fsp3) is 0.353. The predicted molar refractivity (Wildman–Crippen MR) is 93.3 cm³/mol. The summed E-state index contributed by atoms with van der Waals surface area (Å²) in [4.78, 5) is 12.4. The first kappa shape index (κ1) is 15.9. The van der Waals surface area contributed by atoms with Crippen molar-refractivity contribution in [3.63, 3.8) is 0 Å². The van der Waals surface area contributed by atoms with Crippen LogP contribution in [0.3, 0.4) is 0 Å². The van der Waals surface area contributed by atoms with Crippen molar-refractivity contribution in [3.05, 3.63) is 56.2 Å². The number of carbonyl (C=O) groups is 1. The van der Waals surface area contributed by atoms with E-state index in [1.54, 1.807) is 29.5 Å². The Morgan fingerprint density at radius 3 is 2.45 bits per heavy atom. The Balaban J connectivity index is 1.74. The van der Waals surface area contributed by atoms with E-state index in [1.807, 2.05) is 0 Å². The van der Waals surface area contributed by atoms with Crippen LogP contribution in [-0.2, 0) is 5.41 Å². The summed E-state index contributed by atoms with van der Waals surface area (Å²) < 4.78 is 0. The molecule has 3 rings (SSSR count). The second-order valence-electron chi connectivity index (χ2n) is 5.84. The van der Waals surface area contributed by atoms with E-state index in [0.717, 1.165) is 12.8 Å². The maximum atomic E-state index is 12.4. The van der Waals surface area contributed by atoms with Gasteiger partial charge in [-0.1, -0.05) is 36.0 Å². The summed E-state index contributed by atoms with van der Waals surface area (Å²) in [7, 11) is 0. The normalized spacial score (nSPS) is 16.6. The van der Waals surface area contributed by atoms with Crippen LogP contribution in [0.1, 0.15) is 41.6 Å². The van der Waals surface area contributed by atoms with Crippen molar-refractivity contribution in [2.24, 2.45) is 0 Å². The first-order valence-corrected chi connectivity index (χ1v) is 9.06. The van der Waals surface area contributed by atoms with Gasteiger partial charge in [-0.05, 0) is 53.4 Å². The third kappa shape index (κ3) is 3.32. The zero-order valence-electron chi connectivity index (χ0n) is 12.1. The fourth-order valence-electron chi connectivity index (χ4n) is 3.22. The van der Waals surface area contributed by atoms with E-state index < -0.39 is 0 Å². The third-order valence-electron chi connectivity index (χ3n) is 4.41. The van der Waals surface area contributed by atoms with Crippen molar-refractivity contribution in [1.82, 2.24) is 5.32 Å². The highest BCUT2D eigenvalue weighted by Crippen LogP contribution is 2.41. The number of thiophene rings is 1. The van der Waals surface area contributed by atoms with Crippen LogP contribution in [0.4, 0.5) is 0 Å². The van der Waals surface area contributed by atoms with Crippen LogP contribution in [-0.4, -0.2) is 12.5 Å². The smallest absolute Gasteiger partial charge is 0.251 e. The summed E-state index contributed by atoms with van der Waals surface area (Å²) in [5.74, 6) is -0.120. The minimum atomic E-state index is -0.120. The Labute approximate surface area is 144 Å². The molecule has 2 nitrogen and oxygen atoms in total. The Bertz CT molecular complexity index is 643. The number of carbonyl (C=O) groups excluding carboxylic acids is 1. The highest BCUT2D eigenvalue weighted by Gasteiger charge is 2.36. The fourth-order valence-corrected chi connectivity index (χ4v) is 4.53. The predicted octanol–water partition coefficient (Wildman–Crippen LogP) is 5.30. The van der Waals surface area contributed by atoms with Crippen molar-refractivity contribution in [1.29, 1.82) is 0 Å². The van der Waals surface area contributed by atoms with Crippen LogP contribution in [0.25, 0.3) is 0 Å². The van der Waals surface area contributed by atoms with E-state index >= 15 is 0 Å². The zero-order valence-corrected chi connectivity index (χ0v) is 14.4. The molecule has 0 unspecified atom stereocenters. The zero-order chi connectivity index (χ0) is 15.6. The Morgan fingerprint density at radius 2 is 1.86 bits per heavy atom. The molecule has 1 amide bonds. The number of amides is 1. The second-order valence-corrected chi connectivity index (χ2v) is 7.49. The van der Waals surface area contributed by atoms with Gasteiger partial charge in [-0.25, -0.2) is 0 Å². The molecule has 0 bridgehead atoms. The summed E-state index contributed by atoms with van der Waals surface area (Å²) in [5, 5.41) is 8.34. The molecule has 0 saturated heterocycles. The van der Waals surface area contributed by atoms with Crippen molar-refractivity contribution in [2.45, 2.75) is 31.1 Å². The summed E-state index contributed by atoms with van der Waals surface area (Å²) in [5.41, 5.74) is 1.94. The molecule has 1 aromatic carbocycles. The highest BCUT2D eigenvalue weighted by atomic mass is 35.5. The molecule has 0 atom stereocenters. The lowest BCUT2D eigenvalue weighted by Crippen LogP contribution is -2.38. The van der Waals surface area contributed by atoms with Crippen LogP contribution >= 0.6 is 34.5 Å². The molecule has 2 aromatic rings. The van der Waals surface area contributed by atoms with Crippen LogP contribution in [0.5, 0.6) is 0 Å². The average Bonchev–Trinajstić information content (AvgIpc) is 3.15. The quantitative estimate of drug-likeness (QED) is 0.793. The molecule has 1 aliphatic rings. The number of hydrogen-bond donors (Lipinski definition) is 1. The number of halogens is 2. The van der Waals surface area contributed by atoms with Gasteiger partial charge in [-0.3, -0.25) is 4.79 Å². The highest BCUT2D eigenvalue weighted by molar-refractivity contribution is 7.08. The van der Waals surface area contributed by atoms with E-state index in [9.17, 15) is 4.79 Å². The number of nitrogens with one attached hydrogen (secondary N) is 1. The van der Waals surface area contributed by atoms with E-state index in [4.69, 9.17) is 23.2 Å². The van der Waals surface area contributed by atoms with Crippen LogP contribution in [0.15, 0.2) is 35.0 Å². The van der Waals surface area contributed by atoms with Gasteiger partial charge in [0.1, 0.15) is 0 Å². The first-order valence-electron chi connectivity index (χ1n) is 7.36. The van der Waals surface area contributed by atoms with Crippen molar-refractivity contribution in [2.75, 3.05) is 6.54 Å². The molecule has 1 heterocycles. The van der Waals surface area contributed by atoms with Crippen LogP contribution in [0.2, 0.25) is 10.0 Å². The van der Waals surface area contributed by atoms with Gasteiger partial charge >= 0.3 is 0 Å². The molecule has 22 heavy (non-hydrogen) atoms. The Kier molecular flexibility index (Phi) is 4.76. The molecule has 1 N–H and O–H groups in total. The van der Waals surface area contributed by atoms with Crippen molar-refractivity contribution >= 4 is 40.4 Å². The lowest BCUT2D eigenvalue weighted by molar-refractivity contribution is 0.0943. The Morgan fingerprint density at radius 1 is 1.18 bits per heavy atom. The molecule has 1 saturated carbocycles. The average molecular weight is 354 g/mol. The second kappa shape index (κ2) is 6.61. The summed E-state index contributed by atoms with van der Waals surface area (Å²) in [6, 6.07) is 7.10. The molecule has 0 spiro atoms. The molecule has 116 valence electrons. The molecule has 5 heteroatoms. The Hall–Kier alpha value is -1.03. The maximum absolute atomic E-state index is 12.4. The van der Waals surface area contributed by atoms with Crippen LogP contribution < -0.4 is 5.32 Å². The summed E-state index contributed by atoms with van der Waals surface area (Å²) >= 11 is 13.6. The minimum Gasteiger partial charge on any atom is -0.351 e. The SMILES string of the molecule is O=C(NCC1(c2ccsc2)CCCC1)c1cc(Cl)cc(Cl)c1. The topological polar surface area (TPSA) is 29.1 Å². The number of benzene rings is 1.